The number of carbonyl (C=O) groups is 1. The third-order valence-corrected chi connectivity index (χ3v) is 4.39. The van der Waals surface area contributed by atoms with Gasteiger partial charge in [-0.2, -0.15) is 8.42 Å². The molecule has 0 spiro atoms. The molecule has 0 aromatic heterocycles. The van der Waals surface area contributed by atoms with Gasteiger partial charge in [-0.1, -0.05) is 13.5 Å². The van der Waals surface area contributed by atoms with Crippen LogP contribution in [0.5, 0.6) is 0 Å². The van der Waals surface area contributed by atoms with Gasteiger partial charge >= 0.3 is 16.1 Å². The Morgan fingerprint density at radius 2 is 2.00 bits per heavy atom. The zero-order valence-corrected chi connectivity index (χ0v) is 11.4. The van der Waals surface area contributed by atoms with Crippen LogP contribution in [-0.4, -0.2) is 49.1 Å². The van der Waals surface area contributed by atoms with E-state index in [1.807, 2.05) is 0 Å². The van der Waals surface area contributed by atoms with Gasteiger partial charge in [0.05, 0.1) is 14.1 Å². The maximum Gasteiger partial charge on any atom is 0.334 e. The summed E-state index contributed by atoms with van der Waals surface area (Å²) in [6.45, 7) is 6.46. The summed E-state index contributed by atoms with van der Waals surface area (Å²) in [4.78, 5) is 11.1. The molecular weight excluding hydrogens is 246 g/mol. The Labute approximate surface area is 102 Å². The lowest BCUT2D eigenvalue weighted by molar-refractivity contribution is -0.943. The molecule has 0 saturated heterocycles. The van der Waals surface area contributed by atoms with Gasteiger partial charge in [0.25, 0.3) is 0 Å². The number of carbonyl (C=O) groups excluding carboxylic acids is 1. The van der Waals surface area contributed by atoms with Gasteiger partial charge in [-0.25, -0.2) is 4.79 Å². The average molecular weight is 266 g/mol. The van der Waals surface area contributed by atoms with Crippen LogP contribution in [0.3, 0.4) is 0 Å². The maximum absolute atomic E-state index is 11.2. The minimum absolute atomic E-state index is 0.172. The second kappa shape index (κ2) is 5.61. The highest BCUT2D eigenvalue weighted by Gasteiger charge is 2.42. The summed E-state index contributed by atoms with van der Waals surface area (Å²) >= 11 is 0. The number of hydrogen-bond acceptors (Lipinski definition) is 4. The fourth-order valence-electron chi connectivity index (χ4n) is 1.61. The molecule has 0 aromatic carbocycles. The largest absolute Gasteiger partial charge is 0.410 e. The van der Waals surface area contributed by atoms with Crippen molar-refractivity contribution in [2.24, 2.45) is 0 Å². The van der Waals surface area contributed by atoms with Gasteiger partial charge in [-0.15, -0.1) is 0 Å². The summed E-state index contributed by atoms with van der Waals surface area (Å²) in [6, 6.07) is 0. The van der Waals surface area contributed by atoms with Gasteiger partial charge in [0.1, 0.15) is 0 Å². The van der Waals surface area contributed by atoms with E-state index < -0.39 is 27.7 Å². The van der Waals surface area contributed by atoms with Gasteiger partial charge in [-0.3, -0.25) is 9.04 Å². The molecule has 1 N–H and O–H groups in total. The van der Waals surface area contributed by atoms with Gasteiger partial charge in [0.15, 0.2) is 0 Å². The van der Waals surface area contributed by atoms with E-state index in [9.17, 15) is 13.2 Å². The fraction of sp³-hybridized carbons (Fsp3) is 0.700. The quantitative estimate of drug-likeness (QED) is 0.252. The summed E-state index contributed by atoms with van der Waals surface area (Å²) in [5, 5.41) is -1.05. The third kappa shape index (κ3) is 4.10. The summed E-state index contributed by atoms with van der Waals surface area (Å²) in [5.41, 5.74) is 0. The third-order valence-electron chi connectivity index (χ3n) is 2.83. The number of hydrogen-bond donors (Lipinski definition) is 1. The molecule has 0 bridgehead atoms. The molecule has 17 heavy (non-hydrogen) atoms. The van der Waals surface area contributed by atoms with Crippen LogP contribution in [0.25, 0.3) is 0 Å². The molecule has 6 nitrogen and oxygen atoms in total. The van der Waals surface area contributed by atoms with Crippen molar-refractivity contribution in [2.75, 3.05) is 14.1 Å². The predicted molar refractivity (Wildman–Crippen MR) is 63.5 cm³/mol. The van der Waals surface area contributed by atoms with E-state index in [-0.39, 0.29) is 10.9 Å². The molecule has 2 unspecified atom stereocenters. The lowest BCUT2D eigenvalue weighted by Gasteiger charge is -2.39. The topological polar surface area (TPSA) is 80.7 Å². The van der Waals surface area contributed by atoms with Crippen LogP contribution >= 0.6 is 0 Å². The molecule has 0 fully saturated rings. The SMILES string of the molecule is C=CC(=O)OC(C)[N+](C)(C)C(CC)S(=O)(=O)O. The van der Waals surface area contributed by atoms with Crippen LogP contribution in [0.4, 0.5) is 0 Å². The Hall–Kier alpha value is -0.920. The average Bonchev–Trinajstić information content (AvgIpc) is 2.15. The number of quaternary nitrogens is 1. The Morgan fingerprint density at radius 1 is 1.53 bits per heavy atom. The standard InChI is InChI=1S/C10H19NO5S/c1-6-9(17(13,14)15)11(4,5)8(3)16-10(12)7-2/h7-9H,2,6H2,1,3-5H3/p+1. The van der Waals surface area contributed by atoms with Crippen molar-refractivity contribution in [2.45, 2.75) is 31.9 Å². The fourth-order valence-corrected chi connectivity index (χ4v) is 2.89. The molecule has 0 aliphatic carbocycles. The van der Waals surface area contributed by atoms with Crippen LogP contribution in [0.1, 0.15) is 20.3 Å². The monoisotopic (exact) mass is 266 g/mol. The first-order valence-electron chi connectivity index (χ1n) is 5.20. The van der Waals surface area contributed by atoms with Crippen molar-refractivity contribution < 1.29 is 27.0 Å². The molecule has 0 rings (SSSR count). The van der Waals surface area contributed by atoms with Gasteiger partial charge in [0.2, 0.25) is 11.6 Å². The van der Waals surface area contributed by atoms with E-state index in [1.165, 1.54) is 0 Å². The molecule has 100 valence electrons. The minimum atomic E-state index is -4.21. The smallest absolute Gasteiger partial charge is 0.334 e. The van der Waals surface area contributed by atoms with Crippen LogP contribution in [0.2, 0.25) is 0 Å². The second-order valence-corrected chi connectivity index (χ2v) is 5.82. The normalized spacial score (nSPS) is 16.1. The molecule has 0 amide bonds. The van der Waals surface area contributed by atoms with Gasteiger partial charge in [0, 0.05) is 19.4 Å². The highest BCUT2D eigenvalue weighted by Crippen LogP contribution is 2.21. The van der Waals surface area contributed by atoms with Crippen molar-refractivity contribution in [3.63, 3.8) is 0 Å². The Morgan fingerprint density at radius 3 is 2.29 bits per heavy atom. The second-order valence-electron chi connectivity index (χ2n) is 4.25. The highest BCUT2D eigenvalue weighted by molar-refractivity contribution is 7.86. The van der Waals surface area contributed by atoms with E-state index in [1.54, 1.807) is 27.9 Å². The Balaban J connectivity index is 5.09. The van der Waals surface area contributed by atoms with E-state index in [4.69, 9.17) is 9.29 Å². The predicted octanol–water partition coefficient (Wildman–Crippen LogP) is 0.762. The Kier molecular flexibility index (Phi) is 5.31. The molecule has 7 heteroatoms. The van der Waals surface area contributed by atoms with Crippen LogP contribution in [0.15, 0.2) is 12.7 Å². The Bertz CT molecular complexity index is 388. The molecule has 0 saturated carbocycles. The molecule has 0 aliphatic rings. The zero-order chi connectivity index (χ0) is 13.9. The van der Waals surface area contributed by atoms with E-state index in [0.717, 1.165) is 6.08 Å². The van der Waals surface area contributed by atoms with E-state index in [2.05, 4.69) is 6.58 Å². The first-order chi connectivity index (χ1) is 7.57. The summed E-state index contributed by atoms with van der Waals surface area (Å²) in [7, 11) is -1.06. The first kappa shape index (κ1) is 16.1. The lowest BCUT2D eigenvalue weighted by Crippen LogP contribution is -2.58. The number of ether oxygens (including phenoxy) is 1. The maximum atomic E-state index is 11.2. The van der Waals surface area contributed by atoms with Gasteiger partial charge in [-0.05, 0) is 0 Å². The zero-order valence-electron chi connectivity index (χ0n) is 10.6. The number of rotatable bonds is 6. The summed E-state index contributed by atoms with van der Waals surface area (Å²) < 4.78 is 36.5. The highest BCUT2D eigenvalue weighted by atomic mass is 32.2. The van der Waals surface area contributed by atoms with Crippen molar-refractivity contribution in [1.82, 2.24) is 0 Å². The molecular formula is C10H20NO5S+. The molecule has 2 atom stereocenters. The molecule has 0 aromatic rings. The minimum Gasteiger partial charge on any atom is -0.410 e. The molecule has 0 aliphatic heterocycles. The molecule has 0 radical (unpaired) electrons. The van der Waals surface area contributed by atoms with E-state index in [0.29, 0.717) is 0 Å². The lowest BCUT2D eigenvalue weighted by atomic mass is 10.3. The van der Waals surface area contributed by atoms with Crippen molar-refractivity contribution in [3.05, 3.63) is 12.7 Å². The van der Waals surface area contributed by atoms with Crippen molar-refractivity contribution in [1.29, 1.82) is 0 Å². The van der Waals surface area contributed by atoms with Gasteiger partial charge < -0.3 is 4.74 Å². The first-order valence-corrected chi connectivity index (χ1v) is 6.70. The van der Waals surface area contributed by atoms with E-state index >= 15 is 0 Å². The summed E-state index contributed by atoms with van der Waals surface area (Å²) in [5.74, 6) is -0.631. The molecule has 0 heterocycles. The summed E-state index contributed by atoms with van der Waals surface area (Å²) in [6.07, 6.45) is 0.500. The van der Waals surface area contributed by atoms with Crippen LogP contribution < -0.4 is 0 Å². The number of nitrogens with zero attached hydrogens (tertiary/aromatic N) is 1. The van der Waals surface area contributed by atoms with Crippen LogP contribution in [-0.2, 0) is 19.6 Å². The van der Waals surface area contributed by atoms with Crippen molar-refractivity contribution in [3.8, 4) is 0 Å². The number of esters is 1. The van der Waals surface area contributed by atoms with Crippen LogP contribution in [0, 0.1) is 0 Å². The van der Waals surface area contributed by atoms with Crippen molar-refractivity contribution >= 4 is 16.1 Å².